The van der Waals surface area contributed by atoms with Gasteiger partial charge in [0.25, 0.3) is 0 Å². The van der Waals surface area contributed by atoms with Gasteiger partial charge in [0.2, 0.25) is 0 Å². The van der Waals surface area contributed by atoms with Gasteiger partial charge in [0, 0.05) is 69.3 Å². The number of hydrogen-bond acceptors (Lipinski definition) is 12. The van der Waals surface area contributed by atoms with Crippen LogP contribution in [0.15, 0.2) is 115 Å². The fourth-order valence-corrected chi connectivity index (χ4v) is 12.5. The van der Waals surface area contributed by atoms with Crippen LogP contribution in [0.3, 0.4) is 0 Å². The molecule has 12 nitrogen and oxygen atoms in total. The molecule has 100 heavy (non-hydrogen) atoms. The first-order valence-corrected chi connectivity index (χ1v) is 39.0. The van der Waals surface area contributed by atoms with Crippen LogP contribution in [-0.4, -0.2) is 69.4 Å². The van der Waals surface area contributed by atoms with Crippen molar-refractivity contribution in [1.82, 2.24) is 0 Å². The molecule has 0 aromatic heterocycles. The molecule has 0 fully saturated rings. The molecule has 0 saturated heterocycles. The van der Waals surface area contributed by atoms with Crippen molar-refractivity contribution in [1.29, 1.82) is 0 Å². The Hall–Kier alpha value is -4.64. The molecule has 4 aromatic carbocycles. The molecule has 0 bridgehead atoms. The van der Waals surface area contributed by atoms with Gasteiger partial charge < -0.3 is 18.9 Å². The lowest BCUT2D eigenvalue weighted by molar-refractivity contribution is -0.164. The third kappa shape index (κ3) is 43.5. The summed E-state index contributed by atoms with van der Waals surface area (Å²) in [7, 11) is 0. The molecular formula is C84H124Br4O12. The Morgan fingerprint density at radius 1 is 0.270 bits per heavy atom. The number of halogens is 4. The first-order chi connectivity index (χ1) is 45.9. The van der Waals surface area contributed by atoms with E-state index in [0.29, 0.717) is 75.0 Å². The fraction of sp³-hybridized carbons (Fsp3) is 0.619. The van der Waals surface area contributed by atoms with E-state index in [-0.39, 0.29) is 94.4 Å². The summed E-state index contributed by atoms with van der Waals surface area (Å²) in [6, 6.07) is 31.1. The lowest BCUT2D eigenvalue weighted by Gasteiger charge is -2.28. The Bertz CT molecular complexity index is 2700. The number of ether oxygens (including phenoxy) is 4. The first kappa shape index (κ1) is 93.4. The Kier molecular flexibility index (Phi) is 41.9. The van der Waals surface area contributed by atoms with Gasteiger partial charge in [0.05, 0.1) is 23.7 Å². The summed E-state index contributed by atoms with van der Waals surface area (Å²) < 4.78 is 26.3. The van der Waals surface area contributed by atoms with Crippen molar-refractivity contribution in [3.05, 3.63) is 137 Å². The van der Waals surface area contributed by atoms with Crippen molar-refractivity contribution in [2.45, 2.75) is 266 Å². The quantitative estimate of drug-likeness (QED) is 0.0335. The van der Waals surface area contributed by atoms with Gasteiger partial charge in [0.15, 0.2) is 0 Å². The topological polar surface area (TPSA) is 173 Å². The number of rotatable bonds is 32. The summed E-state index contributed by atoms with van der Waals surface area (Å²) in [5, 5.41) is 0. The van der Waals surface area contributed by atoms with E-state index < -0.39 is 22.4 Å². The van der Waals surface area contributed by atoms with Crippen LogP contribution in [0.5, 0.6) is 0 Å². The maximum Gasteiger partial charge on any atom is 0.309 e. The van der Waals surface area contributed by atoms with Gasteiger partial charge in [-0.2, -0.15) is 0 Å². The van der Waals surface area contributed by atoms with Crippen LogP contribution in [0, 0.1) is 71.0 Å². The van der Waals surface area contributed by atoms with Crippen LogP contribution in [0.1, 0.15) is 240 Å². The normalized spacial score (nSPS) is 14.2. The molecule has 0 amide bonds. The van der Waals surface area contributed by atoms with Gasteiger partial charge in [0.1, 0.15) is 45.5 Å². The Morgan fingerprint density at radius 2 is 0.410 bits per heavy atom. The van der Waals surface area contributed by atoms with Gasteiger partial charge in [-0.25, -0.2) is 0 Å². The highest BCUT2D eigenvalue weighted by atomic mass is 79.9. The van der Waals surface area contributed by atoms with Crippen molar-refractivity contribution in [3.63, 3.8) is 0 Å². The standard InChI is InChI=1S/4C21H31BrO3/c4*1-14(2)11-19(20(24)25-21(4,5)6)15(3)12-18(23)13-16-7-9-17(22)10-8-16/h4*7-10,14-15,19H,11-13H2,1-6H3/t2*15-,19+;2*15-,19-/m1010/s1. The molecule has 16 heteroatoms. The molecular weight excluding hydrogens is 1520 g/mol. The summed E-state index contributed by atoms with van der Waals surface area (Å²) in [5.41, 5.74) is 1.97. The number of hydrogen-bond donors (Lipinski definition) is 0. The lowest BCUT2D eigenvalue weighted by atomic mass is 9.83. The molecule has 0 aliphatic carbocycles. The van der Waals surface area contributed by atoms with Gasteiger partial charge in [-0.3, -0.25) is 38.4 Å². The van der Waals surface area contributed by atoms with Crippen molar-refractivity contribution in [3.8, 4) is 0 Å². The van der Waals surface area contributed by atoms with E-state index in [4.69, 9.17) is 18.9 Å². The third-order valence-electron chi connectivity index (χ3n) is 15.9. The van der Waals surface area contributed by atoms with Gasteiger partial charge >= 0.3 is 23.9 Å². The average molecular weight is 1650 g/mol. The van der Waals surface area contributed by atoms with Crippen LogP contribution in [0.4, 0.5) is 0 Å². The maximum atomic E-state index is 12.6. The van der Waals surface area contributed by atoms with E-state index in [1.54, 1.807) is 0 Å². The fourth-order valence-electron chi connectivity index (χ4n) is 11.4. The van der Waals surface area contributed by atoms with Gasteiger partial charge in [-0.1, -0.05) is 195 Å². The molecule has 0 N–H and O–H groups in total. The summed E-state index contributed by atoms with van der Waals surface area (Å²) in [5.74, 6) is 0.304. The Morgan fingerprint density at radius 3 is 0.530 bits per heavy atom. The number of Topliss-reactive ketones (excluding diaryl/α,β-unsaturated/α-hetero) is 4. The monoisotopic (exact) mass is 1640 g/mol. The van der Waals surface area contributed by atoms with E-state index in [0.717, 1.165) is 65.8 Å². The molecule has 0 aliphatic heterocycles. The molecule has 8 atom stereocenters. The van der Waals surface area contributed by atoms with E-state index >= 15 is 0 Å². The molecule has 0 saturated carbocycles. The predicted molar refractivity (Wildman–Crippen MR) is 422 cm³/mol. The van der Waals surface area contributed by atoms with E-state index in [9.17, 15) is 38.4 Å². The molecule has 0 aliphatic rings. The van der Waals surface area contributed by atoms with E-state index in [1.165, 1.54) is 0 Å². The largest absolute Gasteiger partial charge is 0.460 e. The lowest BCUT2D eigenvalue weighted by Crippen LogP contribution is -2.33. The maximum absolute atomic E-state index is 12.6. The van der Waals surface area contributed by atoms with Crippen LogP contribution in [0.2, 0.25) is 0 Å². The number of esters is 4. The van der Waals surface area contributed by atoms with E-state index in [2.05, 4.69) is 119 Å². The minimum atomic E-state index is -0.506. The van der Waals surface area contributed by atoms with Crippen molar-refractivity contribution >= 4 is 111 Å². The van der Waals surface area contributed by atoms with Crippen LogP contribution < -0.4 is 0 Å². The summed E-state index contributed by atoms with van der Waals surface area (Å²) in [6.07, 6.45) is 6.15. The van der Waals surface area contributed by atoms with Crippen LogP contribution >= 0.6 is 63.7 Å². The Balaban J connectivity index is 0.000000667. The third-order valence-corrected chi connectivity index (χ3v) is 18.1. The minimum absolute atomic E-state index is 0.0276. The number of ketones is 4. The number of benzene rings is 4. The van der Waals surface area contributed by atoms with Crippen molar-refractivity contribution in [2.75, 3.05) is 0 Å². The zero-order valence-electron chi connectivity index (χ0n) is 65.1. The molecule has 0 spiro atoms. The molecule has 560 valence electrons. The van der Waals surface area contributed by atoms with E-state index in [1.807, 2.05) is 208 Å². The highest BCUT2D eigenvalue weighted by Crippen LogP contribution is 2.32. The zero-order valence-corrected chi connectivity index (χ0v) is 71.4. The molecule has 0 heterocycles. The SMILES string of the molecule is CC(C)C[C@@H](C(=O)OC(C)(C)C)[C@@H](C)CC(=O)Cc1ccc(Br)cc1.CC(C)C[C@@H](C(=O)OC(C)(C)C)[C@H](C)CC(=O)Cc1ccc(Br)cc1.CC(C)C[C@H](C(=O)OC(C)(C)C)[C@@H](C)CC(=O)Cc1ccc(Br)cc1.CC(C)C[C@H](C(=O)OC(C)(C)C)[C@H](C)CC(=O)Cc1ccc(Br)cc1. The summed E-state index contributed by atoms with van der Waals surface area (Å²) in [4.78, 5) is 100. The summed E-state index contributed by atoms with van der Waals surface area (Å²) >= 11 is 13.6. The molecule has 4 aromatic rings. The van der Waals surface area contributed by atoms with Crippen molar-refractivity contribution < 1.29 is 57.3 Å². The average Bonchev–Trinajstić information content (AvgIpc) is 0.979. The zero-order chi connectivity index (χ0) is 76.8. The first-order valence-electron chi connectivity index (χ1n) is 35.9. The second-order valence-electron chi connectivity index (χ2n) is 33.2. The number of carbonyl (C=O) groups is 8. The second kappa shape index (κ2) is 44.9. The van der Waals surface area contributed by atoms with Gasteiger partial charge in [-0.15, -0.1) is 0 Å². The number of carbonyl (C=O) groups excluding carboxylic acids is 8. The predicted octanol–water partition coefficient (Wildman–Crippen LogP) is 22.4. The Labute approximate surface area is 637 Å². The molecule has 0 radical (unpaired) electrons. The van der Waals surface area contributed by atoms with Crippen LogP contribution in [-0.2, 0) is 83.0 Å². The minimum Gasteiger partial charge on any atom is -0.460 e. The second-order valence-corrected chi connectivity index (χ2v) is 36.8. The molecule has 4 rings (SSSR count). The van der Waals surface area contributed by atoms with Crippen LogP contribution in [0.25, 0.3) is 0 Å². The smallest absolute Gasteiger partial charge is 0.309 e. The summed E-state index contributed by atoms with van der Waals surface area (Å²) in [6.45, 7) is 47.2. The highest BCUT2D eigenvalue weighted by molar-refractivity contribution is 9.11. The molecule has 0 unspecified atom stereocenters. The van der Waals surface area contributed by atoms with Crippen molar-refractivity contribution in [2.24, 2.45) is 71.0 Å². The highest BCUT2D eigenvalue weighted by Gasteiger charge is 2.36. The van der Waals surface area contributed by atoms with Gasteiger partial charge in [-0.05, 0) is 227 Å².